The molecule has 3 heterocycles. The van der Waals surface area contributed by atoms with E-state index in [9.17, 15) is 9.18 Å². The van der Waals surface area contributed by atoms with Crippen LogP contribution in [0.4, 0.5) is 10.3 Å². The Labute approximate surface area is 149 Å². The number of nitrogen functional groups attached to an aromatic ring is 1. The average molecular weight is 352 g/mol. The van der Waals surface area contributed by atoms with Crippen molar-refractivity contribution in [3.8, 4) is 11.1 Å². The second-order valence-electron chi connectivity index (χ2n) is 6.16. The third-order valence-corrected chi connectivity index (χ3v) is 4.53. The molecule has 0 saturated carbocycles. The summed E-state index contributed by atoms with van der Waals surface area (Å²) in [6.07, 6.45) is 4.72. The van der Waals surface area contributed by atoms with Gasteiger partial charge in [0, 0.05) is 24.5 Å². The molecule has 1 aliphatic rings. The van der Waals surface area contributed by atoms with Crippen molar-refractivity contribution in [1.29, 1.82) is 0 Å². The topological polar surface area (TPSA) is 101 Å². The fourth-order valence-corrected chi connectivity index (χ4v) is 3.37. The van der Waals surface area contributed by atoms with Gasteiger partial charge in [0.2, 0.25) is 5.95 Å². The molecule has 1 amide bonds. The summed E-state index contributed by atoms with van der Waals surface area (Å²) in [4.78, 5) is 23.0. The quantitative estimate of drug-likeness (QED) is 0.754. The Morgan fingerprint density at radius 2 is 2.23 bits per heavy atom. The SMILES string of the molecule is Nc1ncc(-c2cccc(F)c2)c([C@@H]2CCCN2C(=O)c2ccn[nH]2)n1. The van der Waals surface area contributed by atoms with Crippen LogP contribution in [0.3, 0.4) is 0 Å². The maximum Gasteiger partial charge on any atom is 0.272 e. The fourth-order valence-electron chi connectivity index (χ4n) is 3.37. The Kier molecular flexibility index (Phi) is 4.08. The predicted molar refractivity (Wildman–Crippen MR) is 93.4 cm³/mol. The van der Waals surface area contributed by atoms with Gasteiger partial charge in [-0.25, -0.2) is 14.4 Å². The van der Waals surface area contributed by atoms with E-state index < -0.39 is 0 Å². The Morgan fingerprint density at radius 3 is 3.00 bits per heavy atom. The number of nitrogens with zero attached hydrogens (tertiary/aromatic N) is 4. The standard InChI is InChI=1S/C18H17FN6O/c19-12-4-1-3-11(9-12)13-10-21-18(20)23-16(13)15-5-2-8-25(15)17(26)14-6-7-22-24-14/h1,3-4,6-7,9-10,15H,2,5,8H2,(H,22,24)(H2,20,21,23)/t15-/m0/s1. The molecule has 4 rings (SSSR count). The lowest BCUT2D eigenvalue weighted by atomic mass is 9.99. The van der Waals surface area contributed by atoms with Crippen molar-refractivity contribution in [2.24, 2.45) is 0 Å². The summed E-state index contributed by atoms with van der Waals surface area (Å²) in [5.41, 5.74) is 8.19. The first-order valence-electron chi connectivity index (χ1n) is 8.32. The number of rotatable bonds is 3. The normalized spacial score (nSPS) is 16.8. The first kappa shape index (κ1) is 16.2. The third kappa shape index (κ3) is 2.90. The van der Waals surface area contributed by atoms with Gasteiger partial charge < -0.3 is 10.6 Å². The van der Waals surface area contributed by atoms with Crippen molar-refractivity contribution in [2.75, 3.05) is 12.3 Å². The maximum absolute atomic E-state index is 13.7. The molecule has 1 atom stereocenters. The van der Waals surface area contributed by atoms with E-state index in [-0.39, 0.29) is 23.7 Å². The molecule has 0 spiro atoms. The van der Waals surface area contributed by atoms with Crippen LogP contribution in [0.1, 0.15) is 35.1 Å². The van der Waals surface area contributed by atoms with Gasteiger partial charge in [0.15, 0.2) is 0 Å². The van der Waals surface area contributed by atoms with Crippen LogP contribution in [0, 0.1) is 5.82 Å². The van der Waals surface area contributed by atoms with Crippen LogP contribution >= 0.6 is 0 Å². The van der Waals surface area contributed by atoms with E-state index in [2.05, 4.69) is 20.2 Å². The number of hydrogen-bond acceptors (Lipinski definition) is 5. The molecule has 0 radical (unpaired) electrons. The number of aromatic nitrogens is 4. The number of amides is 1. The van der Waals surface area contributed by atoms with Crippen molar-refractivity contribution < 1.29 is 9.18 Å². The Hall–Kier alpha value is -3.29. The number of nitrogens with two attached hydrogens (primary N) is 1. The van der Waals surface area contributed by atoms with E-state index in [1.165, 1.54) is 12.1 Å². The third-order valence-electron chi connectivity index (χ3n) is 4.53. The number of benzene rings is 1. The second-order valence-corrected chi connectivity index (χ2v) is 6.16. The molecule has 0 aliphatic carbocycles. The molecule has 8 heteroatoms. The summed E-state index contributed by atoms with van der Waals surface area (Å²) in [6.45, 7) is 0.606. The van der Waals surface area contributed by atoms with Gasteiger partial charge in [0.25, 0.3) is 5.91 Å². The lowest BCUT2D eigenvalue weighted by Crippen LogP contribution is -2.31. The molecule has 0 unspecified atom stereocenters. The van der Waals surface area contributed by atoms with Gasteiger partial charge >= 0.3 is 0 Å². The summed E-state index contributed by atoms with van der Waals surface area (Å²) < 4.78 is 13.7. The lowest BCUT2D eigenvalue weighted by molar-refractivity contribution is 0.0727. The van der Waals surface area contributed by atoms with Crippen molar-refractivity contribution in [1.82, 2.24) is 25.1 Å². The van der Waals surface area contributed by atoms with Crippen molar-refractivity contribution in [2.45, 2.75) is 18.9 Å². The van der Waals surface area contributed by atoms with Gasteiger partial charge in [-0.3, -0.25) is 9.89 Å². The van der Waals surface area contributed by atoms with Crippen LogP contribution in [-0.2, 0) is 0 Å². The van der Waals surface area contributed by atoms with E-state index in [1.807, 2.05) is 0 Å². The number of halogens is 1. The second kappa shape index (κ2) is 6.55. The molecular formula is C18H17FN6O. The van der Waals surface area contributed by atoms with E-state index in [0.29, 0.717) is 29.1 Å². The highest BCUT2D eigenvalue weighted by molar-refractivity contribution is 5.92. The molecule has 26 heavy (non-hydrogen) atoms. The number of anilines is 1. The number of likely N-dealkylation sites (tertiary alicyclic amines) is 1. The highest BCUT2D eigenvalue weighted by Gasteiger charge is 2.34. The molecule has 1 aliphatic heterocycles. The van der Waals surface area contributed by atoms with Gasteiger partial charge in [-0.2, -0.15) is 5.10 Å². The molecule has 1 aromatic carbocycles. The highest BCUT2D eigenvalue weighted by atomic mass is 19.1. The first-order chi connectivity index (χ1) is 12.6. The number of hydrogen-bond donors (Lipinski definition) is 2. The van der Waals surface area contributed by atoms with Gasteiger partial charge in [-0.1, -0.05) is 12.1 Å². The number of carbonyl (C=O) groups is 1. The summed E-state index contributed by atoms with van der Waals surface area (Å²) in [6, 6.07) is 7.61. The summed E-state index contributed by atoms with van der Waals surface area (Å²) in [5, 5.41) is 6.54. The van der Waals surface area contributed by atoms with Crippen LogP contribution in [-0.4, -0.2) is 37.5 Å². The maximum atomic E-state index is 13.7. The Morgan fingerprint density at radius 1 is 1.35 bits per heavy atom. The van der Waals surface area contributed by atoms with Gasteiger partial charge in [-0.05, 0) is 36.6 Å². The minimum atomic E-state index is -0.345. The van der Waals surface area contributed by atoms with E-state index in [1.54, 1.807) is 35.5 Å². The zero-order chi connectivity index (χ0) is 18.1. The average Bonchev–Trinajstić information content (AvgIpc) is 3.33. The molecular weight excluding hydrogens is 335 g/mol. The summed E-state index contributed by atoms with van der Waals surface area (Å²) >= 11 is 0. The fraction of sp³-hybridized carbons (Fsp3) is 0.222. The summed E-state index contributed by atoms with van der Waals surface area (Å²) in [5.74, 6) is -0.365. The van der Waals surface area contributed by atoms with Crippen LogP contribution in [0.2, 0.25) is 0 Å². The smallest absolute Gasteiger partial charge is 0.272 e. The molecule has 3 aromatic rings. The van der Waals surface area contributed by atoms with Crippen molar-refractivity contribution >= 4 is 11.9 Å². The monoisotopic (exact) mass is 352 g/mol. The first-order valence-corrected chi connectivity index (χ1v) is 8.32. The zero-order valence-electron chi connectivity index (χ0n) is 13.9. The van der Waals surface area contributed by atoms with Crippen LogP contribution in [0.25, 0.3) is 11.1 Å². The largest absolute Gasteiger partial charge is 0.368 e. The molecule has 1 saturated heterocycles. The molecule has 7 nitrogen and oxygen atoms in total. The molecule has 132 valence electrons. The number of nitrogens with one attached hydrogen (secondary N) is 1. The molecule has 3 N–H and O–H groups in total. The number of carbonyl (C=O) groups excluding carboxylic acids is 1. The van der Waals surface area contributed by atoms with Crippen LogP contribution in [0.5, 0.6) is 0 Å². The van der Waals surface area contributed by atoms with E-state index in [0.717, 1.165) is 12.8 Å². The molecule has 1 fully saturated rings. The van der Waals surface area contributed by atoms with E-state index >= 15 is 0 Å². The summed E-state index contributed by atoms with van der Waals surface area (Å²) in [7, 11) is 0. The minimum Gasteiger partial charge on any atom is -0.368 e. The van der Waals surface area contributed by atoms with Gasteiger partial charge in [0.05, 0.1) is 11.7 Å². The van der Waals surface area contributed by atoms with Crippen molar-refractivity contribution in [3.63, 3.8) is 0 Å². The molecule has 0 bridgehead atoms. The Balaban J connectivity index is 1.77. The van der Waals surface area contributed by atoms with Gasteiger partial charge in [0.1, 0.15) is 11.5 Å². The zero-order valence-corrected chi connectivity index (χ0v) is 13.9. The van der Waals surface area contributed by atoms with Gasteiger partial charge in [-0.15, -0.1) is 0 Å². The van der Waals surface area contributed by atoms with Crippen molar-refractivity contribution in [3.05, 3.63) is 59.9 Å². The van der Waals surface area contributed by atoms with Crippen LogP contribution in [0.15, 0.2) is 42.7 Å². The van der Waals surface area contributed by atoms with Crippen LogP contribution < -0.4 is 5.73 Å². The number of aromatic amines is 1. The minimum absolute atomic E-state index is 0.126. The highest BCUT2D eigenvalue weighted by Crippen LogP contribution is 2.37. The molecule has 2 aromatic heterocycles. The lowest BCUT2D eigenvalue weighted by Gasteiger charge is -2.25. The van der Waals surface area contributed by atoms with E-state index in [4.69, 9.17) is 5.73 Å². The predicted octanol–water partition coefficient (Wildman–Crippen LogP) is 2.57. The number of H-pyrrole nitrogens is 1. The Bertz CT molecular complexity index is 943.